The van der Waals surface area contributed by atoms with Crippen molar-refractivity contribution in [3.63, 3.8) is 0 Å². The summed E-state index contributed by atoms with van der Waals surface area (Å²) in [5.41, 5.74) is 12.3. The number of urea groups is 1. The number of nitrogens with two attached hydrogens (primary N) is 1. The van der Waals surface area contributed by atoms with Crippen LogP contribution in [0.1, 0.15) is 22.3 Å². The molecule has 3 heterocycles. The number of ether oxygens (including phenoxy) is 1. The molecule has 220 valence electrons. The van der Waals surface area contributed by atoms with Crippen LogP contribution in [0.2, 0.25) is 0 Å². The number of hydrogen-bond acceptors (Lipinski definition) is 6. The molecular formula is C34H36N6O3. The van der Waals surface area contributed by atoms with Crippen molar-refractivity contribution in [2.75, 3.05) is 50.4 Å². The maximum Gasteiger partial charge on any atom is 0.321 e. The molecule has 9 nitrogen and oxygen atoms in total. The number of carbonyl (C=O) groups is 2. The highest BCUT2D eigenvalue weighted by Gasteiger charge is 2.28. The van der Waals surface area contributed by atoms with Crippen LogP contribution in [0.25, 0.3) is 22.3 Å². The van der Waals surface area contributed by atoms with Crippen molar-refractivity contribution >= 4 is 23.4 Å². The Morgan fingerprint density at radius 1 is 0.860 bits per heavy atom. The Labute approximate surface area is 251 Å². The summed E-state index contributed by atoms with van der Waals surface area (Å²) in [5, 5.41) is 6.05. The Morgan fingerprint density at radius 3 is 2.40 bits per heavy atom. The fourth-order valence-corrected chi connectivity index (χ4v) is 5.57. The number of aromatic nitrogens is 1. The van der Waals surface area contributed by atoms with E-state index in [1.165, 1.54) is 5.56 Å². The number of pyridine rings is 1. The molecule has 2 fully saturated rings. The second-order valence-electron chi connectivity index (χ2n) is 11.0. The summed E-state index contributed by atoms with van der Waals surface area (Å²) in [6, 6.07) is 27.5. The molecule has 1 aromatic heterocycles. The van der Waals surface area contributed by atoms with E-state index < -0.39 is 0 Å². The van der Waals surface area contributed by atoms with E-state index in [2.05, 4.69) is 32.7 Å². The van der Waals surface area contributed by atoms with Crippen molar-refractivity contribution < 1.29 is 14.3 Å². The number of carbonyl (C=O) groups excluding carboxylic acids is 2. The molecule has 4 N–H and O–H groups in total. The van der Waals surface area contributed by atoms with Crippen LogP contribution in [-0.2, 0) is 11.3 Å². The predicted octanol–water partition coefficient (Wildman–Crippen LogP) is 4.87. The molecule has 0 unspecified atom stereocenters. The first kappa shape index (κ1) is 28.4. The highest BCUT2D eigenvalue weighted by atomic mass is 16.5. The van der Waals surface area contributed by atoms with Gasteiger partial charge in [-0.1, -0.05) is 66.7 Å². The van der Waals surface area contributed by atoms with Gasteiger partial charge < -0.3 is 26.0 Å². The summed E-state index contributed by atoms with van der Waals surface area (Å²) in [7, 11) is 0. The lowest BCUT2D eigenvalue weighted by molar-refractivity contribution is 0.0342. The number of rotatable bonds is 7. The van der Waals surface area contributed by atoms with E-state index in [0.717, 1.165) is 60.8 Å². The second-order valence-corrected chi connectivity index (χ2v) is 11.0. The lowest BCUT2D eigenvalue weighted by Crippen LogP contribution is -2.40. The number of hydrogen-bond donors (Lipinski definition) is 3. The van der Waals surface area contributed by atoms with Gasteiger partial charge in [0.1, 0.15) is 5.82 Å². The van der Waals surface area contributed by atoms with Gasteiger partial charge >= 0.3 is 6.03 Å². The molecule has 2 saturated heterocycles. The number of likely N-dealkylation sites (tertiary alicyclic amines) is 1. The van der Waals surface area contributed by atoms with Crippen molar-refractivity contribution in [2.45, 2.75) is 19.0 Å². The molecule has 3 amide bonds. The first-order valence-corrected chi connectivity index (χ1v) is 14.7. The summed E-state index contributed by atoms with van der Waals surface area (Å²) in [6.07, 6.45) is 2.35. The molecule has 2 aliphatic heterocycles. The Balaban J connectivity index is 1.05. The minimum atomic E-state index is -0.293. The topological polar surface area (TPSA) is 113 Å². The van der Waals surface area contributed by atoms with Gasteiger partial charge in [0, 0.05) is 56.2 Å². The van der Waals surface area contributed by atoms with E-state index in [1.54, 1.807) is 17.2 Å². The van der Waals surface area contributed by atoms with Gasteiger partial charge in [-0.25, -0.2) is 9.78 Å². The Bertz CT molecular complexity index is 1570. The van der Waals surface area contributed by atoms with Gasteiger partial charge in [-0.05, 0) is 46.9 Å². The summed E-state index contributed by atoms with van der Waals surface area (Å²) >= 11 is 0. The van der Waals surface area contributed by atoms with Crippen molar-refractivity contribution in [1.82, 2.24) is 20.1 Å². The highest BCUT2D eigenvalue weighted by molar-refractivity contribution is 5.99. The van der Waals surface area contributed by atoms with E-state index >= 15 is 0 Å². The van der Waals surface area contributed by atoms with Gasteiger partial charge in [0.2, 0.25) is 0 Å². The van der Waals surface area contributed by atoms with Crippen LogP contribution in [0.5, 0.6) is 0 Å². The zero-order valence-corrected chi connectivity index (χ0v) is 24.0. The summed E-state index contributed by atoms with van der Waals surface area (Å²) in [6.45, 7) is 5.26. The smallest absolute Gasteiger partial charge is 0.321 e. The first-order chi connectivity index (χ1) is 21.0. The Hall–Kier alpha value is -4.73. The summed E-state index contributed by atoms with van der Waals surface area (Å²) in [5.74, 6) is -0.116. The highest BCUT2D eigenvalue weighted by Crippen LogP contribution is 2.25. The minimum Gasteiger partial charge on any atom is -0.383 e. The van der Waals surface area contributed by atoms with Crippen LogP contribution in [0.3, 0.4) is 0 Å². The lowest BCUT2D eigenvalue weighted by Gasteiger charge is -2.26. The van der Waals surface area contributed by atoms with Gasteiger partial charge in [-0.15, -0.1) is 0 Å². The maximum absolute atomic E-state index is 13.3. The molecule has 2 aliphatic rings. The molecule has 6 rings (SSSR count). The lowest BCUT2D eigenvalue weighted by atomic mass is 10.0. The van der Waals surface area contributed by atoms with Crippen LogP contribution in [0.15, 0.2) is 91.1 Å². The zero-order valence-electron chi connectivity index (χ0n) is 24.0. The number of amides is 3. The Kier molecular flexibility index (Phi) is 8.62. The molecule has 1 atom stereocenters. The van der Waals surface area contributed by atoms with Crippen LogP contribution in [0.4, 0.5) is 16.3 Å². The van der Waals surface area contributed by atoms with Crippen LogP contribution >= 0.6 is 0 Å². The number of nitrogen functional groups attached to an aromatic ring is 1. The van der Waals surface area contributed by atoms with Gasteiger partial charge in [0.25, 0.3) is 5.91 Å². The Morgan fingerprint density at radius 2 is 1.60 bits per heavy atom. The first-order valence-electron chi connectivity index (χ1n) is 14.7. The molecule has 9 heteroatoms. The van der Waals surface area contributed by atoms with E-state index in [-0.39, 0.29) is 23.8 Å². The average molecular weight is 577 g/mol. The number of nitrogens with zero attached hydrogens (tertiary/aromatic N) is 3. The fourth-order valence-electron chi connectivity index (χ4n) is 5.57. The third kappa shape index (κ3) is 7.02. The normalized spacial score (nSPS) is 17.0. The number of anilines is 2. The van der Waals surface area contributed by atoms with Crippen molar-refractivity contribution in [2.24, 2.45) is 0 Å². The largest absolute Gasteiger partial charge is 0.383 e. The van der Waals surface area contributed by atoms with E-state index in [1.807, 2.05) is 66.7 Å². The number of morpholine rings is 1. The average Bonchev–Trinajstić information content (AvgIpc) is 3.51. The third-order valence-electron chi connectivity index (χ3n) is 7.99. The van der Waals surface area contributed by atoms with Gasteiger partial charge in [-0.2, -0.15) is 0 Å². The molecule has 3 aromatic carbocycles. The van der Waals surface area contributed by atoms with Crippen molar-refractivity contribution in [1.29, 1.82) is 0 Å². The molecule has 0 saturated carbocycles. The standard InChI is InChI=1S/C34H36N6O3/c35-32-31(20-28(21-36-32)26-11-9-24(10-12-26)22-39-15-17-43-18-16-39)33(41)37-30-13-14-40(23-30)34(42)38-29-8-4-7-27(19-29)25-5-2-1-3-6-25/h1-12,19-21,30H,13-18,22-23H2,(H2,35,36)(H,37,41)(H,38,42)/t30-/m1/s1. The SMILES string of the molecule is Nc1ncc(-c2ccc(CN3CCOCC3)cc2)cc1C(=O)N[C@@H]1CCN(C(=O)Nc2cccc(-c3ccccc3)c2)C1. The molecule has 43 heavy (non-hydrogen) atoms. The van der Waals surface area contributed by atoms with Gasteiger partial charge in [-0.3, -0.25) is 9.69 Å². The third-order valence-corrected chi connectivity index (χ3v) is 7.99. The molecule has 4 aromatic rings. The molecular weight excluding hydrogens is 540 g/mol. The molecule has 0 aliphatic carbocycles. The zero-order chi connectivity index (χ0) is 29.6. The summed E-state index contributed by atoms with van der Waals surface area (Å²) < 4.78 is 5.44. The monoisotopic (exact) mass is 576 g/mol. The molecule has 0 spiro atoms. The number of nitrogens with one attached hydrogen (secondary N) is 2. The summed E-state index contributed by atoms with van der Waals surface area (Å²) in [4.78, 5) is 34.7. The minimum absolute atomic E-state index is 0.177. The molecule has 0 bridgehead atoms. The predicted molar refractivity (Wildman–Crippen MR) is 169 cm³/mol. The van der Waals surface area contributed by atoms with Crippen LogP contribution in [-0.4, -0.2) is 72.2 Å². The second kappa shape index (κ2) is 13.1. The van der Waals surface area contributed by atoms with Crippen molar-refractivity contribution in [3.8, 4) is 22.3 Å². The van der Waals surface area contributed by atoms with Crippen LogP contribution < -0.4 is 16.4 Å². The van der Waals surface area contributed by atoms with E-state index in [4.69, 9.17) is 10.5 Å². The number of benzene rings is 3. The maximum atomic E-state index is 13.3. The quantitative estimate of drug-likeness (QED) is 0.290. The van der Waals surface area contributed by atoms with Crippen LogP contribution in [0, 0.1) is 0 Å². The fraction of sp³-hybridized carbons (Fsp3) is 0.265. The van der Waals surface area contributed by atoms with Gasteiger partial charge in [0.15, 0.2) is 0 Å². The van der Waals surface area contributed by atoms with Crippen molar-refractivity contribution in [3.05, 3.63) is 102 Å². The molecule has 0 radical (unpaired) electrons. The van der Waals surface area contributed by atoms with E-state index in [0.29, 0.717) is 25.1 Å². The van der Waals surface area contributed by atoms with E-state index in [9.17, 15) is 9.59 Å². The van der Waals surface area contributed by atoms with Gasteiger partial charge in [0.05, 0.1) is 18.8 Å².